The fourth-order valence-electron chi connectivity index (χ4n) is 3.89. The van der Waals surface area contributed by atoms with Crippen LogP contribution in [-0.2, 0) is 15.1 Å². The van der Waals surface area contributed by atoms with Crippen molar-refractivity contribution >= 4 is 35.1 Å². The van der Waals surface area contributed by atoms with Gasteiger partial charge in [-0.05, 0) is 48.6 Å². The lowest BCUT2D eigenvalue weighted by atomic mass is 9.74. The first kappa shape index (κ1) is 19.4. The molecule has 2 fully saturated rings. The van der Waals surface area contributed by atoms with Crippen molar-refractivity contribution in [1.29, 1.82) is 0 Å². The van der Waals surface area contributed by atoms with Gasteiger partial charge in [-0.3, -0.25) is 9.59 Å². The Morgan fingerprint density at radius 2 is 2.14 bits per heavy atom. The van der Waals surface area contributed by atoms with Crippen LogP contribution in [0, 0.1) is 0 Å². The first-order valence-corrected chi connectivity index (χ1v) is 10.9. The van der Waals surface area contributed by atoms with Gasteiger partial charge in [-0.25, -0.2) is 4.68 Å². The maximum atomic E-state index is 13.1. The third-order valence-electron chi connectivity index (χ3n) is 5.60. The maximum absolute atomic E-state index is 13.1. The number of tetrazole rings is 1. The Balaban J connectivity index is 1.57. The molecule has 0 aliphatic heterocycles. The predicted molar refractivity (Wildman–Crippen MR) is 106 cm³/mol. The van der Waals surface area contributed by atoms with E-state index in [1.807, 2.05) is 18.2 Å². The Morgan fingerprint density at radius 3 is 2.86 bits per heavy atom. The van der Waals surface area contributed by atoms with Crippen molar-refractivity contribution in [2.75, 3.05) is 12.8 Å². The molecular formula is C19H22ClN5O2S. The number of carbonyl (C=O) groups is 2. The Kier molecular flexibility index (Phi) is 5.42. The standard InChI is InChI=1S/C19H22ClN5O2S/c1-24(17(27)12-28-18-21-22-23-25(18)13-9-10-13)19(11-5-4-8-16(19)26)14-6-2-3-7-15(14)20/h2-3,6-7,13H,4-5,8-12H2,1H3/t19-/m0/s1. The molecule has 1 heterocycles. The molecule has 7 nitrogen and oxygen atoms in total. The van der Waals surface area contributed by atoms with E-state index < -0.39 is 5.54 Å². The highest BCUT2D eigenvalue weighted by Gasteiger charge is 2.47. The third-order valence-corrected chi connectivity index (χ3v) is 6.85. The summed E-state index contributed by atoms with van der Waals surface area (Å²) in [6, 6.07) is 7.68. The fourth-order valence-corrected chi connectivity index (χ4v) is 5.04. The Hall–Kier alpha value is -1.93. The van der Waals surface area contributed by atoms with Crippen LogP contribution in [0.25, 0.3) is 0 Å². The molecule has 1 aromatic heterocycles. The number of nitrogens with zero attached hydrogens (tertiary/aromatic N) is 5. The number of benzene rings is 1. The van der Waals surface area contributed by atoms with E-state index in [4.69, 9.17) is 11.6 Å². The molecule has 2 aliphatic carbocycles. The van der Waals surface area contributed by atoms with Crippen LogP contribution in [0.5, 0.6) is 0 Å². The SMILES string of the molecule is CN(C(=O)CSc1nnnn1C1CC1)[C@]1(c2ccccc2Cl)CCCCC1=O. The lowest BCUT2D eigenvalue weighted by Gasteiger charge is -2.44. The van der Waals surface area contributed by atoms with Crippen LogP contribution < -0.4 is 0 Å². The molecule has 2 saturated carbocycles. The fraction of sp³-hybridized carbons (Fsp3) is 0.526. The number of hydrogen-bond acceptors (Lipinski definition) is 6. The van der Waals surface area contributed by atoms with Crippen LogP contribution in [0.2, 0.25) is 5.02 Å². The molecular weight excluding hydrogens is 398 g/mol. The second kappa shape index (κ2) is 7.83. The van der Waals surface area contributed by atoms with E-state index in [9.17, 15) is 9.59 Å². The van der Waals surface area contributed by atoms with Crippen LogP contribution in [0.4, 0.5) is 0 Å². The second-order valence-electron chi connectivity index (χ2n) is 7.35. The molecule has 0 bridgehead atoms. The van der Waals surface area contributed by atoms with Crippen LogP contribution in [-0.4, -0.2) is 49.6 Å². The minimum Gasteiger partial charge on any atom is -0.328 e. The Morgan fingerprint density at radius 1 is 1.36 bits per heavy atom. The van der Waals surface area contributed by atoms with Gasteiger partial charge in [0, 0.05) is 24.1 Å². The molecule has 1 atom stereocenters. The Labute approximate surface area is 172 Å². The van der Waals surface area contributed by atoms with Crippen LogP contribution in [0.15, 0.2) is 29.4 Å². The van der Waals surface area contributed by atoms with Crippen molar-refractivity contribution in [3.05, 3.63) is 34.9 Å². The van der Waals surface area contributed by atoms with Gasteiger partial charge in [0.1, 0.15) is 5.54 Å². The van der Waals surface area contributed by atoms with Crippen molar-refractivity contribution in [1.82, 2.24) is 25.1 Å². The van der Waals surface area contributed by atoms with Gasteiger partial charge >= 0.3 is 0 Å². The number of ketones is 1. The summed E-state index contributed by atoms with van der Waals surface area (Å²) in [4.78, 5) is 27.8. The summed E-state index contributed by atoms with van der Waals surface area (Å²) < 4.78 is 1.79. The van der Waals surface area contributed by atoms with E-state index in [-0.39, 0.29) is 17.4 Å². The van der Waals surface area contributed by atoms with Gasteiger partial charge in [0.05, 0.1) is 11.8 Å². The molecule has 0 unspecified atom stereocenters. The zero-order valence-electron chi connectivity index (χ0n) is 15.7. The highest BCUT2D eigenvalue weighted by Crippen LogP contribution is 2.42. The molecule has 2 aliphatic rings. The molecule has 1 amide bonds. The minimum absolute atomic E-state index is 0.0514. The third kappa shape index (κ3) is 3.43. The number of aromatic nitrogens is 4. The van der Waals surface area contributed by atoms with E-state index in [1.54, 1.807) is 22.7 Å². The van der Waals surface area contributed by atoms with Gasteiger partial charge in [0.15, 0.2) is 5.78 Å². The van der Waals surface area contributed by atoms with Gasteiger partial charge in [-0.15, -0.1) is 5.10 Å². The molecule has 0 saturated heterocycles. The zero-order chi connectivity index (χ0) is 19.7. The first-order chi connectivity index (χ1) is 13.5. The van der Waals surface area contributed by atoms with Crippen molar-refractivity contribution in [3.63, 3.8) is 0 Å². The summed E-state index contributed by atoms with van der Waals surface area (Å²) in [5.41, 5.74) is -0.290. The zero-order valence-corrected chi connectivity index (χ0v) is 17.2. The summed E-state index contributed by atoms with van der Waals surface area (Å²) in [5.74, 6) is 0.0873. The highest BCUT2D eigenvalue weighted by molar-refractivity contribution is 7.99. The summed E-state index contributed by atoms with van der Waals surface area (Å²) in [6.07, 6.45) is 4.89. The summed E-state index contributed by atoms with van der Waals surface area (Å²) in [6.45, 7) is 0. The normalized spacial score (nSPS) is 22.3. The van der Waals surface area contributed by atoms with Crippen molar-refractivity contribution < 1.29 is 9.59 Å². The predicted octanol–water partition coefficient (Wildman–Crippen LogP) is 3.25. The summed E-state index contributed by atoms with van der Waals surface area (Å²) >= 11 is 7.77. The molecule has 148 valence electrons. The van der Waals surface area contributed by atoms with Crippen LogP contribution in [0.1, 0.15) is 50.1 Å². The molecule has 1 aromatic carbocycles. The van der Waals surface area contributed by atoms with Gasteiger partial charge in [0.25, 0.3) is 0 Å². The van der Waals surface area contributed by atoms with E-state index in [2.05, 4.69) is 15.5 Å². The van der Waals surface area contributed by atoms with E-state index in [1.165, 1.54) is 11.8 Å². The number of likely N-dealkylation sites (N-methyl/N-ethyl adjacent to an activating group) is 1. The summed E-state index contributed by atoms with van der Waals surface area (Å²) in [7, 11) is 1.71. The highest BCUT2D eigenvalue weighted by atomic mass is 35.5. The molecule has 9 heteroatoms. The summed E-state index contributed by atoms with van der Waals surface area (Å²) in [5, 5.41) is 12.9. The molecule has 4 rings (SSSR count). The lowest BCUT2D eigenvalue weighted by Crippen LogP contribution is -2.54. The number of Topliss-reactive ketones (excluding diaryl/α,β-unsaturated/α-hetero) is 1. The van der Waals surface area contributed by atoms with Crippen LogP contribution in [0.3, 0.4) is 0 Å². The van der Waals surface area contributed by atoms with Gasteiger partial charge in [-0.2, -0.15) is 0 Å². The topological polar surface area (TPSA) is 81.0 Å². The number of hydrogen-bond donors (Lipinski definition) is 0. The van der Waals surface area contributed by atoms with Crippen molar-refractivity contribution in [2.45, 2.75) is 55.3 Å². The smallest absolute Gasteiger partial charge is 0.233 e. The Bertz CT molecular complexity index is 900. The van der Waals surface area contributed by atoms with Crippen LogP contribution >= 0.6 is 23.4 Å². The van der Waals surface area contributed by atoms with Crippen molar-refractivity contribution in [3.8, 4) is 0 Å². The maximum Gasteiger partial charge on any atom is 0.233 e. The second-order valence-corrected chi connectivity index (χ2v) is 8.70. The average molecular weight is 420 g/mol. The molecule has 28 heavy (non-hydrogen) atoms. The average Bonchev–Trinajstić information content (AvgIpc) is 3.44. The number of amides is 1. The van der Waals surface area contributed by atoms with E-state index in [0.29, 0.717) is 34.6 Å². The molecule has 0 spiro atoms. The molecule has 0 N–H and O–H groups in total. The monoisotopic (exact) mass is 419 g/mol. The number of rotatable bonds is 6. The largest absolute Gasteiger partial charge is 0.328 e. The van der Waals surface area contributed by atoms with Gasteiger partial charge in [0.2, 0.25) is 11.1 Å². The van der Waals surface area contributed by atoms with Crippen molar-refractivity contribution in [2.24, 2.45) is 0 Å². The van der Waals surface area contributed by atoms with Gasteiger partial charge in [-0.1, -0.05) is 41.6 Å². The molecule has 2 aromatic rings. The van der Waals surface area contributed by atoms with E-state index >= 15 is 0 Å². The first-order valence-electron chi connectivity index (χ1n) is 9.49. The quantitative estimate of drug-likeness (QED) is 0.668. The van der Waals surface area contributed by atoms with E-state index in [0.717, 1.165) is 25.7 Å². The number of thioether (sulfide) groups is 1. The minimum atomic E-state index is -1.00. The number of carbonyl (C=O) groups excluding carboxylic acids is 2. The molecule has 0 radical (unpaired) electrons. The number of halogens is 1. The van der Waals surface area contributed by atoms with Gasteiger partial charge < -0.3 is 4.90 Å². The lowest BCUT2D eigenvalue weighted by molar-refractivity contribution is -0.146.